The van der Waals surface area contributed by atoms with Crippen LogP contribution >= 0.6 is 0 Å². The standard InChI is InChI=1S/C14H22N2O4/c1-15-14(17)5-6-16-9-11-12(19-3)7-10(18-2)8-13(11)20-4/h7-8,16H,5-6,9H2,1-4H3,(H,15,17). The monoisotopic (exact) mass is 282 g/mol. The Morgan fingerprint density at radius 2 is 1.70 bits per heavy atom. The fourth-order valence-corrected chi connectivity index (χ4v) is 1.79. The van der Waals surface area contributed by atoms with E-state index < -0.39 is 0 Å². The SMILES string of the molecule is CNC(=O)CCNCc1c(OC)cc(OC)cc1OC. The van der Waals surface area contributed by atoms with Crippen LogP contribution in [0.25, 0.3) is 0 Å². The summed E-state index contributed by atoms with van der Waals surface area (Å²) in [6, 6.07) is 3.61. The summed E-state index contributed by atoms with van der Waals surface area (Å²) in [5.41, 5.74) is 0.896. The molecular weight excluding hydrogens is 260 g/mol. The van der Waals surface area contributed by atoms with Crippen LogP contribution in [0.15, 0.2) is 12.1 Å². The number of carbonyl (C=O) groups excluding carboxylic acids is 1. The molecule has 6 nitrogen and oxygen atoms in total. The minimum Gasteiger partial charge on any atom is -0.496 e. The van der Waals surface area contributed by atoms with Gasteiger partial charge in [-0.3, -0.25) is 4.79 Å². The zero-order valence-electron chi connectivity index (χ0n) is 12.4. The summed E-state index contributed by atoms with van der Waals surface area (Å²) in [7, 11) is 6.41. The lowest BCUT2D eigenvalue weighted by atomic mass is 10.1. The van der Waals surface area contributed by atoms with Crippen molar-refractivity contribution >= 4 is 5.91 Å². The molecule has 0 radical (unpaired) electrons. The third-order valence-corrected chi connectivity index (χ3v) is 2.93. The third kappa shape index (κ3) is 4.31. The van der Waals surface area contributed by atoms with Gasteiger partial charge in [-0.1, -0.05) is 0 Å². The van der Waals surface area contributed by atoms with Crippen molar-refractivity contribution < 1.29 is 19.0 Å². The van der Waals surface area contributed by atoms with Gasteiger partial charge in [0.25, 0.3) is 0 Å². The second-order valence-electron chi connectivity index (χ2n) is 4.11. The molecule has 0 fully saturated rings. The van der Waals surface area contributed by atoms with Crippen molar-refractivity contribution in [2.24, 2.45) is 0 Å². The Hall–Kier alpha value is -1.95. The molecule has 0 heterocycles. The van der Waals surface area contributed by atoms with Gasteiger partial charge in [-0.2, -0.15) is 0 Å². The average Bonchev–Trinajstić information content (AvgIpc) is 2.50. The first-order chi connectivity index (χ1) is 9.65. The molecule has 0 saturated heterocycles. The predicted molar refractivity (Wildman–Crippen MR) is 76.5 cm³/mol. The quantitative estimate of drug-likeness (QED) is 0.694. The van der Waals surface area contributed by atoms with E-state index in [1.165, 1.54) is 0 Å². The molecule has 1 amide bonds. The highest BCUT2D eigenvalue weighted by Gasteiger charge is 2.12. The van der Waals surface area contributed by atoms with Crippen LogP contribution < -0.4 is 24.8 Å². The van der Waals surface area contributed by atoms with Gasteiger partial charge in [-0.25, -0.2) is 0 Å². The normalized spacial score (nSPS) is 10.0. The van der Waals surface area contributed by atoms with Crippen molar-refractivity contribution in [2.45, 2.75) is 13.0 Å². The first kappa shape index (κ1) is 16.1. The number of hydrogen-bond acceptors (Lipinski definition) is 5. The first-order valence-electron chi connectivity index (χ1n) is 6.36. The summed E-state index contributed by atoms with van der Waals surface area (Å²) < 4.78 is 15.9. The van der Waals surface area contributed by atoms with E-state index >= 15 is 0 Å². The van der Waals surface area contributed by atoms with Crippen LogP contribution in [0.2, 0.25) is 0 Å². The number of carbonyl (C=O) groups is 1. The highest BCUT2D eigenvalue weighted by atomic mass is 16.5. The second-order valence-corrected chi connectivity index (χ2v) is 4.11. The molecule has 0 aliphatic heterocycles. The van der Waals surface area contributed by atoms with Crippen LogP contribution in [0.4, 0.5) is 0 Å². The highest BCUT2D eigenvalue weighted by Crippen LogP contribution is 2.33. The molecule has 0 spiro atoms. The Kier molecular flexibility index (Phi) is 6.66. The average molecular weight is 282 g/mol. The molecule has 20 heavy (non-hydrogen) atoms. The van der Waals surface area contributed by atoms with Crippen molar-refractivity contribution in [2.75, 3.05) is 34.9 Å². The highest BCUT2D eigenvalue weighted by molar-refractivity contribution is 5.75. The molecule has 0 saturated carbocycles. The van der Waals surface area contributed by atoms with Gasteiger partial charge in [0.05, 0.1) is 26.9 Å². The molecule has 0 bridgehead atoms. The van der Waals surface area contributed by atoms with E-state index in [9.17, 15) is 4.79 Å². The van der Waals surface area contributed by atoms with Crippen LogP contribution in [-0.2, 0) is 11.3 Å². The van der Waals surface area contributed by atoms with E-state index in [1.54, 1.807) is 40.5 Å². The number of benzene rings is 1. The fourth-order valence-electron chi connectivity index (χ4n) is 1.79. The second kappa shape index (κ2) is 8.27. The molecule has 2 N–H and O–H groups in total. The minimum atomic E-state index is 0.00570. The van der Waals surface area contributed by atoms with Crippen molar-refractivity contribution in [1.29, 1.82) is 0 Å². The lowest BCUT2D eigenvalue weighted by Crippen LogP contribution is -2.24. The van der Waals surface area contributed by atoms with E-state index in [-0.39, 0.29) is 5.91 Å². The number of rotatable bonds is 8. The van der Waals surface area contributed by atoms with Crippen LogP contribution in [0, 0.1) is 0 Å². The third-order valence-electron chi connectivity index (χ3n) is 2.93. The molecule has 0 unspecified atom stereocenters. The fraction of sp³-hybridized carbons (Fsp3) is 0.500. The molecule has 0 aromatic heterocycles. The predicted octanol–water partition coefficient (Wildman–Crippen LogP) is 0.938. The van der Waals surface area contributed by atoms with E-state index in [2.05, 4.69) is 10.6 Å². The Bertz CT molecular complexity index is 424. The van der Waals surface area contributed by atoms with E-state index in [4.69, 9.17) is 14.2 Å². The lowest BCUT2D eigenvalue weighted by Gasteiger charge is -2.15. The van der Waals surface area contributed by atoms with E-state index in [1.807, 2.05) is 0 Å². The Morgan fingerprint density at radius 3 is 2.15 bits per heavy atom. The zero-order chi connectivity index (χ0) is 15.0. The zero-order valence-corrected chi connectivity index (χ0v) is 12.4. The van der Waals surface area contributed by atoms with Gasteiger partial charge in [0.2, 0.25) is 5.91 Å². The number of hydrogen-bond donors (Lipinski definition) is 2. The summed E-state index contributed by atoms with van der Waals surface area (Å²) in [6.07, 6.45) is 0.428. The van der Waals surface area contributed by atoms with E-state index in [0.717, 1.165) is 5.56 Å². The number of nitrogens with one attached hydrogen (secondary N) is 2. The summed E-state index contributed by atoms with van der Waals surface area (Å²) in [5, 5.41) is 5.77. The van der Waals surface area contributed by atoms with Gasteiger partial charge in [0.15, 0.2) is 0 Å². The van der Waals surface area contributed by atoms with Crippen molar-refractivity contribution in [1.82, 2.24) is 10.6 Å². The Labute approximate surface area is 119 Å². The summed E-state index contributed by atoms with van der Waals surface area (Å²) in [4.78, 5) is 11.1. The van der Waals surface area contributed by atoms with Gasteiger partial charge >= 0.3 is 0 Å². The smallest absolute Gasteiger partial charge is 0.221 e. The molecule has 6 heteroatoms. The van der Waals surface area contributed by atoms with Gasteiger partial charge in [0.1, 0.15) is 17.2 Å². The topological polar surface area (TPSA) is 68.8 Å². The largest absolute Gasteiger partial charge is 0.496 e. The Balaban J connectivity index is 2.74. The molecule has 1 aromatic rings. The summed E-state index contributed by atoms with van der Waals surface area (Å²) >= 11 is 0. The summed E-state index contributed by atoms with van der Waals surface area (Å²) in [5.74, 6) is 2.06. The number of ether oxygens (including phenoxy) is 3. The van der Waals surface area contributed by atoms with Crippen molar-refractivity contribution in [3.63, 3.8) is 0 Å². The number of amides is 1. The maximum atomic E-state index is 11.1. The maximum absolute atomic E-state index is 11.1. The first-order valence-corrected chi connectivity index (χ1v) is 6.36. The van der Waals surface area contributed by atoms with Crippen molar-refractivity contribution in [3.05, 3.63) is 17.7 Å². The molecule has 112 valence electrons. The maximum Gasteiger partial charge on any atom is 0.221 e. The molecular formula is C14H22N2O4. The Morgan fingerprint density at radius 1 is 1.10 bits per heavy atom. The lowest BCUT2D eigenvalue weighted by molar-refractivity contribution is -0.120. The molecule has 1 aromatic carbocycles. The van der Waals surface area contributed by atoms with Crippen molar-refractivity contribution in [3.8, 4) is 17.2 Å². The van der Waals surface area contributed by atoms with Crippen LogP contribution in [0.1, 0.15) is 12.0 Å². The summed E-state index contributed by atoms with van der Waals surface area (Å²) in [6.45, 7) is 1.13. The number of methoxy groups -OCH3 is 3. The van der Waals surface area contributed by atoms with Crippen LogP contribution in [0.3, 0.4) is 0 Å². The van der Waals surface area contributed by atoms with Gasteiger partial charge in [-0.15, -0.1) is 0 Å². The minimum absolute atomic E-state index is 0.00570. The van der Waals surface area contributed by atoms with Gasteiger partial charge in [-0.05, 0) is 0 Å². The molecule has 1 rings (SSSR count). The van der Waals surface area contributed by atoms with Crippen LogP contribution in [0.5, 0.6) is 17.2 Å². The molecule has 0 aliphatic rings. The molecule has 0 aliphatic carbocycles. The van der Waals surface area contributed by atoms with E-state index in [0.29, 0.717) is 36.8 Å². The molecule has 0 atom stereocenters. The van der Waals surface area contributed by atoms with Gasteiger partial charge < -0.3 is 24.8 Å². The van der Waals surface area contributed by atoms with Gasteiger partial charge in [0, 0.05) is 38.7 Å². The van der Waals surface area contributed by atoms with Crippen LogP contribution in [-0.4, -0.2) is 40.8 Å².